The molecule has 6 nitrogen and oxygen atoms in total. The molecule has 0 aliphatic carbocycles. The number of aryl methyl sites for hydroxylation is 1. The fraction of sp³-hybridized carbons (Fsp3) is 0.750. The third-order valence-electron chi connectivity index (χ3n) is 3.64. The van der Waals surface area contributed by atoms with Crippen LogP contribution >= 0.6 is 36.6 Å². The number of fused-ring (bicyclic) bond motifs is 1. The van der Waals surface area contributed by atoms with Crippen LogP contribution in [0.4, 0.5) is 0 Å². The molecule has 2 aliphatic rings. The largest absolute Gasteiger partial charge is 0.347 e. The first-order valence-corrected chi connectivity index (χ1v) is 8.00. The van der Waals surface area contributed by atoms with Gasteiger partial charge in [0.15, 0.2) is 5.82 Å². The van der Waals surface area contributed by atoms with Gasteiger partial charge in [-0.15, -0.1) is 46.8 Å². The van der Waals surface area contributed by atoms with E-state index in [0.29, 0.717) is 6.54 Å². The minimum Gasteiger partial charge on any atom is -0.347 e. The van der Waals surface area contributed by atoms with Crippen LogP contribution in [0.25, 0.3) is 0 Å². The SMILES string of the molecule is Cl.Cl.O=C(NCc1nnc2n1CCCCC2)C1CSCN1. The Kier molecular flexibility index (Phi) is 7.79. The van der Waals surface area contributed by atoms with Crippen molar-refractivity contribution >= 4 is 42.5 Å². The van der Waals surface area contributed by atoms with Crippen LogP contribution in [-0.2, 0) is 24.3 Å². The topological polar surface area (TPSA) is 71.8 Å². The van der Waals surface area contributed by atoms with Crippen LogP contribution in [0, 0.1) is 0 Å². The number of aromatic nitrogens is 3. The van der Waals surface area contributed by atoms with Gasteiger partial charge >= 0.3 is 0 Å². The van der Waals surface area contributed by atoms with Crippen molar-refractivity contribution in [3.63, 3.8) is 0 Å². The smallest absolute Gasteiger partial charge is 0.238 e. The molecule has 2 aliphatic heterocycles. The van der Waals surface area contributed by atoms with E-state index >= 15 is 0 Å². The second-order valence-corrected chi connectivity index (χ2v) is 6.01. The molecule has 0 aromatic carbocycles. The van der Waals surface area contributed by atoms with Gasteiger partial charge in [0.2, 0.25) is 5.91 Å². The number of rotatable bonds is 3. The number of thioether (sulfide) groups is 1. The van der Waals surface area contributed by atoms with Crippen LogP contribution in [0.1, 0.15) is 30.9 Å². The molecule has 1 fully saturated rings. The maximum atomic E-state index is 11.9. The zero-order chi connectivity index (χ0) is 13.1. The minimum atomic E-state index is -0.0588. The Morgan fingerprint density at radius 2 is 2.19 bits per heavy atom. The summed E-state index contributed by atoms with van der Waals surface area (Å²) in [4.78, 5) is 11.9. The van der Waals surface area contributed by atoms with E-state index in [9.17, 15) is 4.79 Å². The number of hydrogen-bond donors (Lipinski definition) is 2. The van der Waals surface area contributed by atoms with Gasteiger partial charge in [-0.05, 0) is 12.8 Å². The monoisotopic (exact) mass is 353 g/mol. The molecule has 3 rings (SSSR count). The Morgan fingerprint density at radius 3 is 2.95 bits per heavy atom. The highest BCUT2D eigenvalue weighted by atomic mass is 35.5. The summed E-state index contributed by atoms with van der Waals surface area (Å²) in [5.41, 5.74) is 0. The third-order valence-corrected chi connectivity index (χ3v) is 4.58. The van der Waals surface area contributed by atoms with E-state index < -0.39 is 0 Å². The van der Waals surface area contributed by atoms with Crippen LogP contribution in [0.3, 0.4) is 0 Å². The van der Waals surface area contributed by atoms with Crippen molar-refractivity contribution in [2.24, 2.45) is 0 Å². The lowest BCUT2D eigenvalue weighted by molar-refractivity contribution is -0.122. The average molecular weight is 354 g/mol. The van der Waals surface area contributed by atoms with E-state index in [0.717, 1.165) is 36.2 Å². The predicted molar refractivity (Wildman–Crippen MR) is 88.2 cm³/mol. The van der Waals surface area contributed by atoms with Gasteiger partial charge in [-0.3, -0.25) is 10.1 Å². The van der Waals surface area contributed by atoms with Crippen LogP contribution in [0.2, 0.25) is 0 Å². The number of nitrogens with one attached hydrogen (secondary N) is 2. The fourth-order valence-electron chi connectivity index (χ4n) is 2.53. The van der Waals surface area contributed by atoms with Gasteiger partial charge in [-0.1, -0.05) is 6.42 Å². The van der Waals surface area contributed by atoms with Crippen molar-refractivity contribution in [1.29, 1.82) is 0 Å². The molecular formula is C12H21Cl2N5OS. The molecule has 120 valence electrons. The molecule has 0 spiro atoms. The summed E-state index contributed by atoms with van der Waals surface area (Å²) in [6.45, 7) is 1.46. The van der Waals surface area contributed by atoms with Gasteiger partial charge in [0.1, 0.15) is 5.82 Å². The summed E-state index contributed by atoms with van der Waals surface area (Å²) in [6, 6.07) is -0.0588. The van der Waals surface area contributed by atoms with E-state index in [1.54, 1.807) is 11.8 Å². The van der Waals surface area contributed by atoms with E-state index in [4.69, 9.17) is 0 Å². The van der Waals surface area contributed by atoms with Crippen molar-refractivity contribution < 1.29 is 4.79 Å². The second kappa shape index (κ2) is 8.82. The van der Waals surface area contributed by atoms with Gasteiger partial charge in [0, 0.05) is 24.6 Å². The number of nitrogens with zero attached hydrogens (tertiary/aromatic N) is 3. The van der Waals surface area contributed by atoms with E-state index in [2.05, 4.69) is 25.4 Å². The highest BCUT2D eigenvalue weighted by Gasteiger charge is 2.23. The first kappa shape index (κ1) is 18.5. The predicted octanol–water partition coefficient (Wildman–Crippen LogP) is 1.13. The maximum absolute atomic E-state index is 11.9. The molecule has 1 saturated heterocycles. The lowest BCUT2D eigenvalue weighted by Crippen LogP contribution is -2.42. The Balaban J connectivity index is 0.00000110. The number of carbonyl (C=O) groups is 1. The van der Waals surface area contributed by atoms with Crippen molar-refractivity contribution in [1.82, 2.24) is 25.4 Å². The van der Waals surface area contributed by atoms with Crippen molar-refractivity contribution in [2.75, 3.05) is 11.6 Å². The summed E-state index contributed by atoms with van der Waals surface area (Å²) < 4.78 is 2.17. The molecular weight excluding hydrogens is 333 g/mol. The molecule has 0 bridgehead atoms. The molecule has 0 radical (unpaired) electrons. The lowest BCUT2D eigenvalue weighted by atomic mass is 10.2. The summed E-state index contributed by atoms with van der Waals surface area (Å²) in [7, 11) is 0. The molecule has 0 saturated carbocycles. The van der Waals surface area contributed by atoms with Crippen LogP contribution in [0.15, 0.2) is 0 Å². The highest BCUT2D eigenvalue weighted by Crippen LogP contribution is 2.14. The van der Waals surface area contributed by atoms with Crippen molar-refractivity contribution in [2.45, 2.75) is 44.8 Å². The molecule has 1 aromatic rings. The Morgan fingerprint density at radius 1 is 1.33 bits per heavy atom. The first-order chi connectivity index (χ1) is 9.34. The van der Waals surface area contributed by atoms with Gasteiger partial charge in [0.25, 0.3) is 0 Å². The van der Waals surface area contributed by atoms with Crippen molar-refractivity contribution in [3.05, 3.63) is 11.6 Å². The molecule has 9 heteroatoms. The second-order valence-electron chi connectivity index (χ2n) is 4.98. The molecule has 3 heterocycles. The summed E-state index contributed by atoms with van der Waals surface area (Å²) >= 11 is 1.75. The quantitative estimate of drug-likeness (QED) is 0.851. The Labute approximate surface area is 141 Å². The Hall–Kier alpha value is -0.500. The van der Waals surface area contributed by atoms with Crippen LogP contribution < -0.4 is 10.6 Å². The zero-order valence-electron chi connectivity index (χ0n) is 11.7. The molecule has 1 amide bonds. The van der Waals surface area contributed by atoms with Crippen LogP contribution in [-0.4, -0.2) is 38.3 Å². The lowest BCUT2D eigenvalue weighted by Gasteiger charge is -2.11. The fourth-order valence-corrected chi connectivity index (χ4v) is 3.47. The normalized spacial score (nSPS) is 20.7. The first-order valence-electron chi connectivity index (χ1n) is 6.84. The Bertz CT molecular complexity index is 465. The number of hydrogen-bond acceptors (Lipinski definition) is 5. The van der Waals surface area contributed by atoms with E-state index in [-0.39, 0.29) is 36.8 Å². The number of carbonyl (C=O) groups excluding carboxylic acids is 1. The van der Waals surface area contributed by atoms with E-state index in [1.165, 1.54) is 19.3 Å². The number of amides is 1. The average Bonchev–Trinajstić information content (AvgIpc) is 3.02. The van der Waals surface area contributed by atoms with Gasteiger partial charge in [-0.25, -0.2) is 0 Å². The zero-order valence-corrected chi connectivity index (χ0v) is 14.2. The standard InChI is InChI=1S/C12H19N5OS.2ClH/c18-12(9-7-19-8-14-9)13-6-11-16-15-10-4-2-1-3-5-17(10)11;;/h9,14H,1-8H2,(H,13,18);2*1H. The molecule has 1 aromatic heterocycles. The van der Waals surface area contributed by atoms with Crippen molar-refractivity contribution in [3.8, 4) is 0 Å². The van der Waals surface area contributed by atoms with Gasteiger partial charge < -0.3 is 9.88 Å². The summed E-state index contributed by atoms with van der Waals surface area (Å²) in [5, 5.41) is 14.6. The van der Waals surface area contributed by atoms with E-state index in [1.807, 2.05) is 0 Å². The van der Waals surface area contributed by atoms with Crippen LogP contribution in [0.5, 0.6) is 0 Å². The molecule has 21 heavy (non-hydrogen) atoms. The van der Waals surface area contributed by atoms with Gasteiger partial charge in [0.05, 0.1) is 12.6 Å². The molecule has 1 atom stereocenters. The summed E-state index contributed by atoms with van der Waals surface area (Å²) in [5.74, 6) is 3.73. The number of halogens is 2. The summed E-state index contributed by atoms with van der Waals surface area (Å²) in [6.07, 6.45) is 4.61. The molecule has 1 unspecified atom stereocenters. The minimum absolute atomic E-state index is 0. The molecule has 2 N–H and O–H groups in total. The van der Waals surface area contributed by atoms with Gasteiger partial charge in [-0.2, -0.15) is 0 Å². The maximum Gasteiger partial charge on any atom is 0.238 e. The highest BCUT2D eigenvalue weighted by molar-refractivity contribution is 7.99. The third kappa shape index (κ3) is 4.48.